The fourth-order valence-electron chi connectivity index (χ4n) is 12.9. The molecule has 0 aliphatic carbocycles. The lowest BCUT2D eigenvalue weighted by molar-refractivity contribution is -0.143. The maximum absolute atomic E-state index is 15.0. The van der Waals surface area contributed by atoms with Gasteiger partial charge >= 0.3 is 11.9 Å². The molecule has 42 heteroatoms. The van der Waals surface area contributed by atoms with Gasteiger partial charge in [-0.3, -0.25) is 76.7 Å². The summed E-state index contributed by atoms with van der Waals surface area (Å²) in [7, 11) is 0. The maximum Gasteiger partial charge on any atom is 0.326 e. The highest BCUT2D eigenvalue weighted by atomic mass is 16.4. The first-order chi connectivity index (χ1) is 56.4. The number of hydrogen-bond donors (Lipinski definition) is 24. The number of likely N-dealkylation sites (tertiary alicyclic amines) is 1. The molecule has 2 rings (SSSR count). The van der Waals surface area contributed by atoms with Gasteiger partial charge in [-0.2, -0.15) is 0 Å². The molecule has 1 heterocycles. The van der Waals surface area contributed by atoms with Crippen molar-refractivity contribution < 1.29 is 112 Å². The zero-order valence-electron chi connectivity index (χ0n) is 70.7. The van der Waals surface area contributed by atoms with E-state index in [-0.39, 0.29) is 103 Å². The van der Waals surface area contributed by atoms with E-state index >= 15 is 0 Å². The fraction of sp³-hybridized carbons (Fsp3) is 0.705. The lowest BCUT2D eigenvalue weighted by Crippen LogP contribution is -2.63. The topological polar surface area (TPSA) is 701 Å². The lowest BCUT2D eigenvalue weighted by atomic mass is 9.95. The number of carboxylic acid groups (broad SMARTS) is 2. The normalized spacial score (nSPS) is 16.7. The van der Waals surface area contributed by atoms with Gasteiger partial charge in [0, 0.05) is 19.4 Å². The van der Waals surface area contributed by atoms with Gasteiger partial charge < -0.3 is 133 Å². The van der Waals surface area contributed by atoms with E-state index in [1.807, 2.05) is 0 Å². The molecule has 42 nitrogen and oxygen atoms in total. The molecule has 1 aromatic rings. The van der Waals surface area contributed by atoms with Crippen LogP contribution in [-0.4, -0.2) is 272 Å². The van der Waals surface area contributed by atoms with Crippen molar-refractivity contribution in [1.82, 2.24) is 74.0 Å². The molecule has 1 aromatic carbocycles. The summed E-state index contributed by atoms with van der Waals surface area (Å²) in [5, 5.41) is 93.4. The number of benzene rings is 1. The van der Waals surface area contributed by atoms with Crippen molar-refractivity contribution in [2.45, 2.75) is 282 Å². The van der Waals surface area contributed by atoms with Gasteiger partial charge in [0.25, 0.3) is 0 Å². The first-order valence-corrected chi connectivity index (χ1v) is 40.9. The highest BCUT2D eigenvalue weighted by Gasteiger charge is 2.43. The molecular weight excluding hydrogens is 1570 g/mol. The number of carbonyl (C=O) groups is 17. The molecule has 1 saturated heterocycles. The summed E-state index contributed by atoms with van der Waals surface area (Å²) in [6, 6.07) is -17.2. The van der Waals surface area contributed by atoms with Crippen LogP contribution in [0.25, 0.3) is 0 Å². The van der Waals surface area contributed by atoms with E-state index in [1.165, 1.54) is 56.9 Å². The summed E-state index contributed by atoms with van der Waals surface area (Å²) in [4.78, 5) is 235. The number of hydrogen-bond acceptors (Lipinski definition) is 25. The third-order valence-corrected chi connectivity index (χ3v) is 20.2. The molecule has 120 heavy (non-hydrogen) atoms. The van der Waals surface area contributed by atoms with Crippen molar-refractivity contribution in [2.75, 3.05) is 39.4 Å². The van der Waals surface area contributed by atoms with E-state index in [0.29, 0.717) is 37.7 Å². The van der Waals surface area contributed by atoms with Crippen molar-refractivity contribution in [2.24, 2.45) is 58.3 Å². The van der Waals surface area contributed by atoms with Crippen LogP contribution in [0.2, 0.25) is 0 Å². The number of phenols is 1. The van der Waals surface area contributed by atoms with E-state index in [1.54, 1.807) is 41.5 Å². The number of nitrogens with one attached hydrogen (secondary N) is 13. The highest BCUT2D eigenvalue weighted by Crippen LogP contribution is 2.23. The number of amides is 15. The molecule has 15 amide bonds. The van der Waals surface area contributed by atoms with E-state index < -0.39 is 247 Å². The van der Waals surface area contributed by atoms with Gasteiger partial charge in [0.05, 0.1) is 31.8 Å². The van der Waals surface area contributed by atoms with Crippen molar-refractivity contribution in [3.05, 3.63) is 29.8 Å². The maximum atomic E-state index is 15.0. The Hall–Kier alpha value is -10.3. The van der Waals surface area contributed by atoms with Crippen LogP contribution in [0, 0.1) is 29.6 Å². The predicted octanol–water partition coefficient (Wildman–Crippen LogP) is -5.81. The van der Waals surface area contributed by atoms with E-state index in [4.69, 9.17) is 28.7 Å². The molecule has 0 radical (unpaired) electrons. The van der Waals surface area contributed by atoms with Crippen LogP contribution in [0.3, 0.4) is 0 Å². The summed E-state index contributed by atoms with van der Waals surface area (Å²) < 4.78 is 0. The quantitative estimate of drug-likeness (QED) is 0.0270. The molecule has 1 aliphatic heterocycles. The summed E-state index contributed by atoms with van der Waals surface area (Å²) in [5.74, 6) is -20.7. The molecule has 0 unspecified atom stereocenters. The van der Waals surface area contributed by atoms with Crippen LogP contribution < -0.4 is 97.8 Å². The van der Waals surface area contributed by atoms with Crippen molar-refractivity contribution in [3.8, 4) is 5.75 Å². The Morgan fingerprint density at radius 3 is 1.31 bits per heavy atom. The molecule has 678 valence electrons. The number of nitrogens with two attached hydrogens (primary N) is 5. The standard InChI is InChI=1S/C78H133N19O23/c1-12-43(10)62(95-64(105)47(82)28-29-57(83)102)75(116)94-60(41(6)7)73(114)88-52(35-45-24-26-46(101)27-25-45)67(108)85-49(21-14-17-31-80)77(118)97-33-19-23-56(97)71(112)93-59(40(4)5)72(113)89-53(36-58(103)104)68(109)87-51(34-39(2)3)66(107)90-54(37-98)69(110)84-48(20-13-16-30-79)65(106)92-61(42(8)9)74(115)96-63(44(11)100)76(117)91-55(38-99)70(111)86-50(78(119)120)22-15-18-32-81/h24-27,39-44,47-56,59-63,98-101H,12-23,28-38,79-82H2,1-11H3,(H2,83,102)(H,84,110)(H,85,108)(H,86,111)(H,87,109)(H,88,114)(H,89,113)(H,90,107)(H,91,117)(H,92,106)(H,93,112)(H,94,116)(H,95,105)(H,96,115)(H,103,104)(H,119,120)/t43-,44+,47-,48-,49-,50-,51-,52-,53-,54-,55-,56-,59-,60-,61-,62-,63-/m0/s1. The summed E-state index contributed by atoms with van der Waals surface area (Å²) in [6.45, 7) is 15.5. The number of aliphatic hydroxyl groups excluding tert-OH is 3. The monoisotopic (exact) mass is 1700 g/mol. The summed E-state index contributed by atoms with van der Waals surface area (Å²) in [6.07, 6.45) is -1.10. The minimum Gasteiger partial charge on any atom is -0.508 e. The van der Waals surface area contributed by atoms with Gasteiger partial charge in [0.2, 0.25) is 88.6 Å². The second kappa shape index (κ2) is 54.1. The van der Waals surface area contributed by atoms with Crippen LogP contribution in [0.15, 0.2) is 24.3 Å². The highest BCUT2D eigenvalue weighted by molar-refractivity contribution is 6.01. The number of aromatic hydroxyl groups is 1. The fourth-order valence-corrected chi connectivity index (χ4v) is 12.9. The molecule has 29 N–H and O–H groups in total. The number of carboxylic acids is 2. The Labute approximate surface area is 699 Å². The van der Waals surface area contributed by atoms with Gasteiger partial charge in [-0.1, -0.05) is 87.8 Å². The van der Waals surface area contributed by atoms with Crippen LogP contribution in [0.4, 0.5) is 0 Å². The average Bonchev–Trinajstić information content (AvgIpc) is 1.60. The molecule has 1 aliphatic rings. The Morgan fingerprint density at radius 2 is 0.833 bits per heavy atom. The molecule has 17 atom stereocenters. The van der Waals surface area contributed by atoms with Crippen LogP contribution in [0.5, 0.6) is 5.75 Å². The third kappa shape index (κ3) is 36.4. The predicted molar refractivity (Wildman–Crippen MR) is 436 cm³/mol. The minimum atomic E-state index is -1.96. The van der Waals surface area contributed by atoms with E-state index in [9.17, 15) is 112 Å². The van der Waals surface area contributed by atoms with Crippen LogP contribution in [0.1, 0.15) is 184 Å². The minimum absolute atomic E-state index is 0.0254. The molecule has 0 bridgehead atoms. The smallest absolute Gasteiger partial charge is 0.326 e. The third-order valence-electron chi connectivity index (χ3n) is 20.2. The van der Waals surface area contributed by atoms with Crippen LogP contribution >= 0.6 is 0 Å². The van der Waals surface area contributed by atoms with Gasteiger partial charge in [0.15, 0.2) is 0 Å². The Morgan fingerprint density at radius 1 is 0.450 bits per heavy atom. The largest absolute Gasteiger partial charge is 0.508 e. The average molecular weight is 1710 g/mol. The molecule has 0 saturated carbocycles. The molecule has 0 spiro atoms. The van der Waals surface area contributed by atoms with Gasteiger partial charge in [0.1, 0.15) is 90.3 Å². The second-order valence-electron chi connectivity index (χ2n) is 31.7. The zero-order chi connectivity index (χ0) is 91.0. The SMILES string of the molecule is CC[C@H](C)[C@H](NC(=O)[C@@H](N)CCC(N)=O)C(=O)N[C@H](C(=O)N[C@@H](Cc1ccc(O)cc1)C(=O)N[C@@H](CCCCN)C(=O)N1CCC[C@H]1C(=O)N[C@H](C(=O)N[C@@H](CC(=O)O)C(=O)N[C@@H](CC(C)C)C(=O)N[C@@H](CO)C(=O)N[C@@H](CCCCN)C(=O)N[C@H](C(=O)N[C@H](C(=O)N[C@@H](CO)C(=O)N[C@@H](CCCCN)C(=O)O)[C@@H](C)O)C(C)C)C(C)C)C(C)C. The van der Waals surface area contributed by atoms with E-state index in [2.05, 4.69) is 69.1 Å². The zero-order valence-corrected chi connectivity index (χ0v) is 70.7. The number of rotatable bonds is 57. The Balaban J connectivity index is 2.45. The first-order valence-electron chi connectivity index (χ1n) is 40.9. The molecule has 0 aromatic heterocycles. The number of aliphatic hydroxyl groups is 3. The van der Waals surface area contributed by atoms with Gasteiger partial charge in [-0.25, -0.2) is 4.79 Å². The van der Waals surface area contributed by atoms with Crippen molar-refractivity contribution in [3.63, 3.8) is 0 Å². The molecule has 1 fully saturated rings. The summed E-state index contributed by atoms with van der Waals surface area (Å²) in [5.41, 5.74) is 28.8. The Bertz CT molecular complexity index is 3570. The number of unbranched alkanes of at least 4 members (excludes halogenated alkanes) is 3. The number of nitrogens with zero attached hydrogens (tertiary/aromatic N) is 1. The number of aliphatic carboxylic acids is 2. The van der Waals surface area contributed by atoms with E-state index in [0.717, 1.165) is 6.92 Å². The number of phenolic OH excluding ortho intramolecular Hbond substituents is 1. The first kappa shape index (κ1) is 106. The lowest BCUT2D eigenvalue weighted by Gasteiger charge is -2.32. The Kier molecular flexibility index (Phi) is 47.7. The number of primary amides is 1. The second-order valence-corrected chi connectivity index (χ2v) is 31.7. The summed E-state index contributed by atoms with van der Waals surface area (Å²) >= 11 is 0. The van der Waals surface area contributed by atoms with Crippen molar-refractivity contribution >= 4 is 101 Å². The van der Waals surface area contributed by atoms with Crippen molar-refractivity contribution in [1.29, 1.82) is 0 Å². The molecular formula is C78H133N19O23. The van der Waals surface area contributed by atoms with Gasteiger partial charge in [-0.15, -0.1) is 0 Å². The number of carbonyl (C=O) groups excluding carboxylic acids is 15. The van der Waals surface area contributed by atoms with Crippen LogP contribution in [-0.2, 0) is 87.9 Å². The van der Waals surface area contributed by atoms with Gasteiger partial charge in [-0.05, 0) is 157 Å².